The molecule has 2 aromatic rings. The number of rotatable bonds is 3. The van der Waals surface area contributed by atoms with Crippen molar-refractivity contribution in [2.24, 2.45) is 7.05 Å². The molecule has 0 amide bonds. The Morgan fingerprint density at radius 1 is 1.20 bits per heavy atom. The quantitative estimate of drug-likeness (QED) is 0.484. The van der Waals surface area contributed by atoms with Crippen molar-refractivity contribution in [1.29, 1.82) is 10.5 Å². The minimum absolute atomic E-state index is 0.0662. The van der Waals surface area contributed by atoms with Gasteiger partial charge in [-0.15, -0.1) is 0 Å². The second-order valence-corrected chi connectivity index (χ2v) is 4.24. The molecular weight excluding hydrogens is 250 g/mol. The van der Waals surface area contributed by atoms with Crippen LogP contribution in [0.3, 0.4) is 0 Å². The summed E-state index contributed by atoms with van der Waals surface area (Å²) in [7, 11) is 1.75. The molecule has 1 aromatic carbocycles. The maximum atomic E-state index is 12.2. The summed E-state index contributed by atoms with van der Waals surface area (Å²) in [6, 6.07) is 14.1. The van der Waals surface area contributed by atoms with Crippen LogP contribution in [0.15, 0.2) is 48.2 Å². The van der Waals surface area contributed by atoms with Crippen molar-refractivity contribution < 1.29 is 4.79 Å². The van der Waals surface area contributed by atoms with Crippen LogP contribution in [-0.4, -0.2) is 10.4 Å². The first-order valence-electron chi connectivity index (χ1n) is 5.93. The molecule has 0 unspecified atom stereocenters. The smallest absolute Gasteiger partial charge is 0.219 e. The normalized spacial score (nSPS) is 10.7. The van der Waals surface area contributed by atoms with Crippen molar-refractivity contribution in [2.45, 2.75) is 0 Å². The van der Waals surface area contributed by atoms with Gasteiger partial charge in [0.2, 0.25) is 5.78 Å². The summed E-state index contributed by atoms with van der Waals surface area (Å²) in [6.07, 6.45) is 3.28. The number of allylic oxidation sites excluding steroid dienone is 1. The van der Waals surface area contributed by atoms with E-state index in [9.17, 15) is 4.79 Å². The molecule has 0 N–H and O–H groups in total. The molecule has 0 bridgehead atoms. The molecule has 0 aliphatic carbocycles. The van der Waals surface area contributed by atoms with Crippen LogP contribution in [0.2, 0.25) is 0 Å². The number of nitrogens with zero attached hydrogens (tertiary/aromatic N) is 3. The van der Waals surface area contributed by atoms with Crippen molar-refractivity contribution in [1.82, 2.24) is 4.57 Å². The Balaban J connectivity index is 2.35. The molecule has 96 valence electrons. The van der Waals surface area contributed by atoms with Crippen molar-refractivity contribution in [3.63, 3.8) is 0 Å². The van der Waals surface area contributed by atoms with Crippen LogP contribution in [0.4, 0.5) is 0 Å². The van der Waals surface area contributed by atoms with E-state index >= 15 is 0 Å². The number of benzene rings is 1. The van der Waals surface area contributed by atoms with E-state index in [-0.39, 0.29) is 11.4 Å². The number of ketones is 1. The SMILES string of the molecule is Cn1cccc1C(=O)C(C#N)=Cc1ccc(C#N)cc1. The van der Waals surface area contributed by atoms with E-state index in [4.69, 9.17) is 10.5 Å². The van der Waals surface area contributed by atoms with Gasteiger partial charge in [0.25, 0.3) is 0 Å². The first-order valence-corrected chi connectivity index (χ1v) is 5.93. The van der Waals surface area contributed by atoms with Gasteiger partial charge in [0, 0.05) is 13.2 Å². The number of carbonyl (C=O) groups excluding carboxylic acids is 1. The largest absolute Gasteiger partial charge is 0.348 e. The zero-order chi connectivity index (χ0) is 14.5. The molecule has 0 aliphatic heterocycles. The lowest BCUT2D eigenvalue weighted by Crippen LogP contribution is -2.07. The predicted molar refractivity (Wildman–Crippen MR) is 74.5 cm³/mol. The summed E-state index contributed by atoms with van der Waals surface area (Å²) in [5.41, 5.74) is 1.78. The van der Waals surface area contributed by atoms with Crippen LogP contribution in [0.1, 0.15) is 21.6 Å². The highest BCUT2D eigenvalue weighted by atomic mass is 16.1. The van der Waals surface area contributed by atoms with Crippen molar-refractivity contribution in [3.8, 4) is 12.1 Å². The fraction of sp³-hybridized carbons (Fsp3) is 0.0625. The summed E-state index contributed by atoms with van der Waals surface area (Å²) in [4.78, 5) is 12.2. The molecule has 0 saturated carbocycles. The summed E-state index contributed by atoms with van der Waals surface area (Å²) in [5.74, 6) is -0.315. The van der Waals surface area contributed by atoms with E-state index in [1.807, 2.05) is 12.1 Å². The van der Waals surface area contributed by atoms with Crippen molar-refractivity contribution >= 4 is 11.9 Å². The van der Waals surface area contributed by atoms with Gasteiger partial charge in [-0.3, -0.25) is 4.79 Å². The standard InChI is InChI=1S/C16H11N3O/c1-19-8-2-3-15(19)16(20)14(11-18)9-12-4-6-13(10-17)7-5-12/h2-9H,1H3. The third kappa shape index (κ3) is 2.66. The first-order chi connectivity index (χ1) is 9.65. The van der Waals surface area contributed by atoms with Crippen LogP contribution in [0, 0.1) is 22.7 Å². The highest BCUT2D eigenvalue weighted by Gasteiger charge is 2.14. The highest BCUT2D eigenvalue weighted by Crippen LogP contribution is 2.13. The molecule has 2 rings (SSSR count). The van der Waals surface area contributed by atoms with Gasteiger partial charge in [-0.1, -0.05) is 12.1 Å². The molecule has 0 saturated heterocycles. The van der Waals surface area contributed by atoms with Gasteiger partial charge < -0.3 is 4.57 Å². The van der Waals surface area contributed by atoms with Crippen LogP contribution < -0.4 is 0 Å². The van der Waals surface area contributed by atoms with Crippen LogP contribution in [0.25, 0.3) is 6.08 Å². The molecule has 20 heavy (non-hydrogen) atoms. The Kier molecular flexibility index (Phi) is 3.79. The van der Waals surface area contributed by atoms with Crippen LogP contribution in [0.5, 0.6) is 0 Å². The first kappa shape index (κ1) is 13.3. The lowest BCUT2D eigenvalue weighted by Gasteiger charge is -2.01. The van der Waals surface area contributed by atoms with E-state index in [2.05, 4.69) is 0 Å². The zero-order valence-electron chi connectivity index (χ0n) is 10.9. The number of nitriles is 2. The molecular formula is C16H11N3O. The van der Waals surface area contributed by atoms with Crippen molar-refractivity contribution in [3.05, 3.63) is 65.0 Å². The van der Waals surface area contributed by atoms with Gasteiger partial charge in [0.1, 0.15) is 11.6 Å². The molecule has 0 fully saturated rings. The zero-order valence-corrected chi connectivity index (χ0v) is 10.9. The lowest BCUT2D eigenvalue weighted by molar-refractivity contribution is 0.103. The maximum Gasteiger partial charge on any atom is 0.219 e. The van der Waals surface area contributed by atoms with E-state index in [0.717, 1.165) is 0 Å². The van der Waals surface area contributed by atoms with Gasteiger partial charge in [-0.25, -0.2) is 0 Å². The van der Waals surface area contributed by atoms with Crippen LogP contribution >= 0.6 is 0 Å². The van der Waals surface area contributed by atoms with E-state index < -0.39 is 0 Å². The third-order valence-corrected chi connectivity index (χ3v) is 2.89. The van der Waals surface area contributed by atoms with Gasteiger partial charge in [0.15, 0.2) is 0 Å². The minimum atomic E-state index is -0.315. The summed E-state index contributed by atoms with van der Waals surface area (Å²) in [5, 5.41) is 17.9. The second kappa shape index (κ2) is 5.69. The Bertz CT molecular complexity index is 752. The van der Waals surface area contributed by atoms with E-state index in [0.29, 0.717) is 16.8 Å². The molecule has 0 spiro atoms. The minimum Gasteiger partial charge on any atom is -0.348 e. The van der Waals surface area contributed by atoms with Crippen LogP contribution in [-0.2, 0) is 7.05 Å². The highest BCUT2D eigenvalue weighted by molar-refractivity contribution is 6.13. The number of aromatic nitrogens is 1. The average Bonchev–Trinajstić information content (AvgIpc) is 2.91. The summed E-state index contributed by atoms with van der Waals surface area (Å²) in [6.45, 7) is 0. The van der Waals surface area contributed by atoms with Gasteiger partial charge in [-0.05, 0) is 35.9 Å². The Labute approximate surface area is 116 Å². The second-order valence-electron chi connectivity index (χ2n) is 4.24. The number of hydrogen-bond donors (Lipinski definition) is 0. The number of carbonyl (C=O) groups is 1. The molecule has 0 atom stereocenters. The van der Waals surface area contributed by atoms with E-state index in [1.165, 1.54) is 6.08 Å². The number of aryl methyl sites for hydroxylation is 1. The Morgan fingerprint density at radius 3 is 2.40 bits per heavy atom. The van der Waals surface area contributed by atoms with E-state index in [1.54, 1.807) is 54.2 Å². The Morgan fingerprint density at radius 2 is 1.90 bits per heavy atom. The topological polar surface area (TPSA) is 69.6 Å². The average molecular weight is 261 g/mol. The monoisotopic (exact) mass is 261 g/mol. The molecule has 0 aliphatic rings. The molecule has 0 radical (unpaired) electrons. The fourth-order valence-corrected chi connectivity index (χ4v) is 1.80. The molecule has 4 nitrogen and oxygen atoms in total. The number of hydrogen-bond acceptors (Lipinski definition) is 3. The molecule has 1 heterocycles. The maximum absolute atomic E-state index is 12.2. The summed E-state index contributed by atoms with van der Waals surface area (Å²) >= 11 is 0. The third-order valence-electron chi connectivity index (χ3n) is 2.89. The van der Waals surface area contributed by atoms with Crippen molar-refractivity contribution in [2.75, 3.05) is 0 Å². The van der Waals surface area contributed by atoms with Gasteiger partial charge >= 0.3 is 0 Å². The predicted octanol–water partition coefficient (Wildman–Crippen LogP) is 2.69. The molecule has 4 heteroatoms. The lowest BCUT2D eigenvalue weighted by atomic mass is 10.1. The fourth-order valence-electron chi connectivity index (χ4n) is 1.80. The number of Topliss-reactive ketones (excluding diaryl/α,β-unsaturated/α-hetero) is 1. The molecule has 1 aromatic heterocycles. The van der Waals surface area contributed by atoms with Gasteiger partial charge in [0.05, 0.1) is 17.3 Å². The van der Waals surface area contributed by atoms with Gasteiger partial charge in [-0.2, -0.15) is 10.5 Å². The summed E-state index contributed by atoms with van der Waals surface area (Å²) < 4.78 is 1.67. The Hall–Kier alpha value is -3.11.